The van der Waals surface area contributed by atoms with Crippen molar-refractivity contribution in [3.8, 4) is 11.3 Å². The highest BCUT2D eigenvalue weighted by atomic mass is 16.5. The zero-order valence-corrected chi connectivity index (χ0v) is 14.1. The molecule has 1 amide bonds. The van der Waals surface area contributed by atoms with Crippen LogP contribution < -0.4 is 11.1 Å². The summed E-state index contributed by atoms with van der Waals surface area (Å²) in [5.41, 5.74) is 6.69. The maximum atomic E-state index is 12.2. The second kappa shape index (κ2) is 9.19. The first kappa shape index (κ1) is 18.9. The van der Waals surface area contributed by atoms with E-state index in [2.05, 4.69) is 15.3 Å². The van der Waals surface area contributed by atoms with Gasteiger partial charge in [0.25, 0.3) is 5.91 Å². The van der Waals surface area contributed by atoms with E-state index >= 15 is 0 Å². The molecule has 8 heteroatoms. The second-order valence-corrected chi connectivity index (χ2v) is 5.03. The van der Waals surface area contributed by atoms with Gasteiger partial charge in [-0.25, -0.2) is 14.8 Å². The van der Waals surface area contributed by atoms with E-state index in [0.29, 0.717) is 17.5 Å². The summed E-state index contributed by atoms with van der Waals surface area (Å²) in [6, 6.07) is 8.96. The molecule has 1 heterocycles. The fraction of sp³-hybridized carbons (Fsp3) is 0.167. The number of rotatable bonds is 7. The molecule has 0 aliphatic rings. The number of esters is 1. The van der Waals surface area contributed by atoms with E-state index in [1.165, 1.54) is 6.20 Å². The van der Waals surface area contributed by atoms with Gasteiger partial charge < -0.3 is 10.5 Å². The first-order valence-corrected chi connectivity index (χ1v) is 7.86. The van der Waals surface area contributed by atoms with Crippen molar-refractivity contribution in [1.82, 2.24) is 9.97 Å². The second-order valence-electron chi connectivity index (χ2n) is 5.03. The van der Waals surface area contributed by atoms with Gasteiger partial charge in [0.15, 0.2) is 0 Å². The van der Waals surface area contributed by atoms with Crippen molar-refractivity contribution in [2.75, 3.05) is 18.5 Å². The van der Waals surface area contributed by atoms with Crippen LogP contribution in [0.15, 0.2) is 48.2 Å². The minimum Gasteiger partial charge on any atom is -0.462 e. The maximum absolute atomic E-state index is 12.2. The molecule has 0 spiro atoms. The largest absolute Gasteiger partial charge is 0.462 e. The van der Waals surface area contributed by atoms with Crippen LogP contribution in [0.5, 0.6) is 0 Å². The summed E-state index contributed by atoms with van der Waals surface area (Å²) in [4.78, 5) is 43.1. The number of nitrogens with one attached hydrogen (secondary N) is 1. The molecule has 0 saturated carbocycles. The average molecular weight is 354 g/mol. The van der Waals surface area contributed by atoms with Gasteiger partial charge in [0.05, 0.1) is 12.3 Å². The number of nitrogens with zero attached hydrogens (tertiary/aromatic N) is 2. The van der Waals surface area contributed by atoms with Crippen molar-refractivity contribution in [2.24, 2.45) is 5.73 Å². The molecule has 2 aromatic rings. The zero-order chi connectivity index (χ0) is 18.9. The van der Waals surface area contributed by atoms with Crippen LogP contribution in [0.1, 0.15) is 17.3 Å². The Bertz CT molecular complexity index is 834. The third-order valence-electron chi connectivity index (χ3n) is 3.34. The number of aldehydes is 1. The lowest BCUT2D eigenvalue weighted by molar-refractivity contribution is -0.113. The van der Waals surface area contributed by atoms with Crippen LogP contribution in [0, 0.1) is 0 Å². The lowest BCUT2D eigenvalue weighted by atomic mass is 10.1. The number of carbonyl (C=O) groups is 3. The van der Waals surface area contributed by atoms with Crippen LogP contribution >= 0.6 is 0 Å². The molecule has 0 unspecified atom stereocenters. The Morgan fingerprint density at radius 3 is 2.62 bits per heavy atom. The van der Waals surface area contributed by atoms with Gasteiger partial charge in [-0.05, 0) is 13.0 Å². The number of hydrogen-bond acceptors (Lipinski definition) is 7. The van der Waals surface area contributed by atoms with E-state index in [9.17, 15) is 14.4 Å². The number of hydrogen-bond donors (Lipinski definition) is 2. The van der Waals surface area contributed by atoms with E-state index in [-0.39, 0.29) is 30.2 Å². The molecule has 0 saturated heterocycles. The Morgan fingerprint density at radius 2 is 2.00 bits per heavy atom. The van der Waals surface area contributed by atoms with E-state index in [4.69, 9.17) is 10.5 Å². The molecule has 8 nitrogen and oxygen atoms in total. The SMILES string of the molecule is CCOC(=O)c1cnc(NC(=O)/C(=C\C=O)CN)nc1-c1ccccc1. The number of amides is 1. The van der Waals surface area contributed by atoms with Crippen LogP contribution in [-0.2, 0) is 14.3 Å². The number of aromatic nitrogens is 2. The number of allylic oxidation sites excluding steroid dienone is 1. The lowest BCUT2D eigenvalue weighted by Crippen LogP contribution is -2.22. The third kappa shape index (κ3) is 4.58. The first-order valence-electron chi connectivity index (χ1n) is 7.86. The molecule has 3 N–H and O–H groups in total. The summed E-state index contributed by atoms with van der Waals surface area (Å²) >= 11 is 0. The molecule has 26 heavy (non-hydrogen) atoms. The van der Waals surface area contributed by atoms with E-state index < -0.39 is 11.9 Å². The van der Waals surface area contributed by atoms with Gasteiger partial charge in [-0.1, -0.05) is 30.3 Å². The normalized spacial score (nSPS) is 10.9. The van der Waals surface area contributed by atoms with E-state index in [1.807, 2.05) is 6.07 Å². The third-order valence-corrected chi connectivity index (χ3v) is 3.34. The molecule has 1 aromatic heterocycles. The molecular weight excluding hydrogens is 336 g/mol. The Morgan fingerprint density at radius 1 is 1.27 bits per heavy atom. The molecule has 2 rings (SSSR count). The highest BCUT2D eigenvalue weighted by Gasteiger charge is 2.18. The maximum Gasteiger partial charge on any atom is 0.341 e. The molecule has 0 bridgehead atoms. The first-order chi connectivity index (χ1) is 12.6. The Kier molecular flexibility index (Phi) is 6.69. The minimum absolute atomic E-state index is 0.0212. The van der Waals surface area contributed by atoms with Crippen LogP contribution in [0.3, 0.4) is 0 Å². The monoisotopic (exact) mass is 354 g/mol. The molecule has 0 fully saturated rings. The highest BCUT2D eigenvalue weighted by molar-refractivity contribution is 6.05. The van der Waals surface area contributed by atoms with Crippen molar-refractivity contribution >= 4 is 24.1 Å². The smallest absolute Gasteiger partial charge is 0.341 e. The molecule has 0 atom stereocenters. The summed E-state index contributed by atoms with van der Waals surface area (Å²) in [5, 5.41) is 2.47. The van der Waals surface area contributed by atoms with Gasteiger partial charge in [-0.15, -0.1) is 0 Å². The summed E-state index contributed by atoms with van der Waals surface area (Å²) in [6.45, 7) is 1.79. The van der Waals surface area contributed by atoms with Gasteiger partial charge in [0.1, 0.15) is 11.8 Å². The van der Waals surface area contributed by atoms with Gasteiger partial charge in [-0.2, -0.15) is 0 Å². The number of nitrogens with two attached hydrogens (primary N) is 1. The lowest BCUT2D eigenvalue weighted by Gasteiger charge is -2.11. The number of ether oxygens (including phenoxy) is 1. The fourth-order valence-corrected chi connectivity index (χ4v) is 2.12. The predicted molar refractivity (Wildman–Crippen MR) is 95.3 cm³/mol. The summed E-state index contributed by atoms with van der Waals surface area (Å²) in [7, 11) is 0. The Hall–Kier alpha value is -3.39. The van der Waals surface area contributed by atoms with Gasteiger partial charge in [0, 0.05) is 23.9 Å². The van der Waals surface area contributed by atoms with Crippen LogP contribution in [0.25, 0.3) is 11.3 Å². The van der Waals surface area contributed by atoms with Crippen LogP contribution in [-0.4, -0.2) is 41.3 Å². The summed E-state index contributed by atoms with van der Waals surface area (Å²) < 4.78 is 5.03. The number of carbonyl (C=O) groups excluding carboxylic acids is 3. The number of anilines is 1. The summed E-state index contributed by atoms with van der Waals surface area (Å²) in [6.07, 6.45) is 2.83. The van der Waals surface area contributed by atoms with Crippen molar-refractivity contribution in [3.63, 3.8) is 0 Å². The highest BCUT2D eigenvalue weighted by Crippen LogP contribution is 2.23. The van der Waals surface area contributed by atoms with Crippen LogP contribution in [0.4, 0.5) is 5.95 Å². The van der Waals surface area contributed by atoms with Gasteiger partial charge in [-0.3, -0.25) is 14.9 Å². The van der Waals surface area contributed by atoms with Gasteiger partial charge in [0.2, 0.25) is 5.95 Å². The topological polar surface area (TPSA) is 124 Å². The molecule has 0 aliphatic carbocycles. The van der Waals surface area contributed by atoms with E-state index in [1.54, 1.807) is 31.2 Å². The van der Waals surface area contributed by atoms with Crippen molar-refractivity contribution in [3.05, 3.63) is 53.7 Å². The summed E-state index contributed by atoms with van der Waals surface area (Å²) in [5.74, 6) is -1.18. The fourth-order valence-electron chi connectivity index (χ4n) is 2.12. The molecule has 0 aliphatic heterocycles. The molecule has 1 aromatic carbocycles. The minimum atomic E-state index is -0.595. The average Bonchev–Trinajstić information content (AvgIpc) is 2.66. The standard InChI is InChI=1S/C18H18N4O4/c1-2-26-17(25)14-11-20-18(22-16(24)13(10-19)8-9-23)21-15(14)12-6-4-3-5-7-12/h3-9,11H,2,10,19H2,1H3,(H,20,21,22,24)/b13-8-. The quantitative estimate of drug-likeness (QED) is 0.437. The van der Waals surface area contributed by atoms with Crippen molar-refractivity contribution < 1.29 is 19.1 Å². The molecular formula is C18H18N4O4. The molecule has 0 radical (unpaired) electrons. The number of benzene rings is 1. The van der Waals surface area contributed by atoms with Crippen molar-refractivity contribution in [2.45, 2.75) is 6.92 Å². The van der Waals surface area contributed by atoms with Crippen LogP contribution in [0.2, 0.25) is 0 Å². The van der Waals surface area contributed by atoms with Gasteiger partial charge >= 0.3 is 5.97 Å². The zero-order valence-electron chi connectivity index (χ0n) is 14.1. The Labute approximate surface area is 150 Å². The van der Waals surface area contributed by atoms with E-state index in [0.717, 1.165) is 6.08 Å². The molecule has 134 valence electrons. The van der Waals surface area contributed by atoms with Crippen molar-refractivity contribution in [1.29, 1.82) is 0 Å². The Balaban J connectivity index is 2.42. The predicted octanol–water partition coefficient (Wildman–Crippen LogP) is 1.34.